The van der Waals surface area contributed by atoms with Gasteiger partial charge in [-0.3, -0.25) is 9.59 Å². The molecule has 0 aliphatic carbocycles. The molecule has 10 nitrogen and oxygen atoms in total. The molecule has 2 saturated heterocycles. The number of hydrogen-bond donors (Lipinski definition) is 2. The highest BCUT2D eigenvalue weighted by molar-refractivity contribution is 5.98. The van der Waals surface area contributed by atoms with Gasteiger partial charge in [-0.25, -0.2) is 9.59 Å². The van der Waals surface area contributed by atoms with Crippen LogP contribution >= 0.6 is 0 Å². The Morgan fingerprint density at radius 3 is 1.32 bits per heavy atom. The Balaban J connectivity index is 1.43. The number of carbonyl (C=O) groups excluding carboxylic acids is 4. The van der Waals surface area contributed by atoms with E-state index in [1.807, 2.05) is 0 Å². The first kappa shape index (κ1) is 25.3. The van der Waals surface area contributed by atoms with Crippen LogP contribution in [0.4, 0.5) is 9.59 Å². The van der Waals surface area contributed by atoms with Gasteiger partial charge in [0, 0.05) is 49.4 Å². The van der Waals surface area contributed by atoms with E-state index in [0.29, 0.717) is 76.2 Å². The molecule has 0 bridgehead atoms. The monoisotopic (exact) mass is 474 g/mol. The normalized spacial score (nSPS) is 17.1. The average molecular weight is 475 g/mol. The third-order valence-corrected chi connectivity index (χ3v) is 6.12. The predicted molar refractivity (Wildman–Crippen MR) is 125 cm³/mol. The summed E-state index contributed by atoms with van der Waals surface area (Å²) in [6, 6.07) is 6.54. The molecule has 4 amide bonds. The van der Waals surface area contributed by atoms with E-state index in [9.17, 15) is 19.2 Å². The van der Waals surface area contributed by atoms with Crippen LogP contribution in [-0.2, 0) is 9.47 Å². The summed E-state index contributed by atoms with van der Waals surface area (Å²) in [6.07, 6.45) is 2.04. The van der Waals surface area contributed by atoms with Crippen LogP contribution in [0.15, 0.2) is 24.3 Å². The fraction of sp³-hybridized carbons (Fsp3) is 0.583. The van der Waals surface area contributed by atoms with Crippen molar-refractivity contribution in [3.05, 3.63) is 35.4 Å². The van der Waals surface area contributed by atoms with Gasteiger partial charge >= 0.3 is 12.2 Å². The van der Waals surface area contributed by atoms with Crippen molar-refractivity contribution in [2.24, 2.45) is 0 Å². The first-order chi connectivity index (χ1) is 16.4. The topological polar surface area (TPSA) is 117 Å². The van der Waals surface area contributed by atoms with E-state index in [1.165, 1.54) is 0 Å². The highest BCUT2D eigenvalue weighted by Gasteiger charge is 2.26. The fourth-order valence-corrected chi connectivity index (χ4v) is 4.15. The van der Waals surface area contributed by atoms with Crippen molar-refractivity contribution in [1.29, 1.82) is 0 Å². The summed E-state index contributed by atoms with van der Waals surface area (Å²) in [4.78, 5) is 52.1. The van der Waals surface area contributed by atoms with Crippen LogP contribution in [0.3, 0.4) is 0 Å². The van der Waals surface area contributed by atoms with Crippen molar-refractivity contribution in [3.8, 4) is 0 Å². The van der Waals surface area contributed by atoms with E-state index in [-0.39, 0.29) is 36.1 Å². The maximum absolute atomic E-state index is 12.6. The Kier molecular flexibility index (Phi) is 9.12. The van der Waals surface area contributed by atoms with Crippen LogP contribution in [0.2, 0.25) is 0 Å². The van der Waals surface area contributed by atoms with Crippen LogP contribution in [0.5, 0.6) is 0 Å². The second-order valence-corrected chi connectivity index (χ2v) is 8.44. The number of carbonyl (C=O) groups is 4. The van der Waals surface area contributed by atoms with Gasteiger partial charge in [0.15, 0.2) is 0 Å². The lowest BCUT2D eigenvalue weighted by Gasteiger charge is -2.31. The summed E-state index contributed by atoms with van der Waals surface area (Å²) in [5.74, 6) is -0.402. The number of likely N-dealkylation sites (tertiary alicyclic amines) is 2. The molecule has 0 atom stereocenters. The summed E-state index contributed by atoms with van der Waals surface area (Å²) in [5.41, 5.74) is 0.958. The van der Waals surface area contributed by atoms with Gasteiger partial charge in [-0.2, -0.15) is 0 Å². The molecule has 1 aromatic carbocycles. The van der Waals surface area contributed by atoms with Gasteiger partial charge in [-0.05, 0) is 63.8 Å². The largest absolute Gasteiger partial charge is 0.450 e. The zero-order valence-corrected chi connectivity index (χ0v) is 19.9. The summed E-state index contributed by atoms with van der Waals surface area (Å²) >= 11 is 0. The molecule has 186 valence electrons. The van der Waals surface area contributed by atoms with E-state index < -0.39 is 0 Å². The van der Waals surface area contributed by atoms with Crippen molar-refractivity contribution in [2.45, 2.75) is 51.6 Å². The molecule has 2 N–H and O–H groups in total. The minimum Gasteiger partial charge on any atom is -0.450 e. The predicted octanol–water partition coefficient (Wildman–Crippen LogP) is 2.39. The minimum absolute atomic E-state index is 0.0124. The van der Waals surface area contributed by atoms with Crippen molar-refractivity contribution in [3.63, 3.8) is 0 Å². The molecule has 2 aliphatic rings. The number of amides is 4. The molecule has 0 spiro atoms. The number of rotatable bonds is 6. The van der Waals surface area contributed by atoms with Crippen molar-refractivity contribution in [1.82, 2.24) is 20.4 Å². The molecule has 0 aromatic heterocycles. The SMILES string of the molecule is CCOC(=O)N1CCC(NC(=O)c2ccc(C(=O)NC3CCN(C(=O)OCC)CC3)cc2)CC1. The number of benzene rings is 1. The minimum atomic E-state index is -0.314. The third-order valence-electron chi connectivity index (χ3n) is 6.12. The lowest BCUT2D eigenvalue weighted by Crippen LogP contribution is -2.47. The number of nitrogens with one attached hydrogen (secondary N) is 2. The first-order valence-electron chi connectivity index (χ1n) is 12.0. The first-order valence-corrected chi connectivity index (χ1v) is 12.0. The van der Waals surface area contributed by atoms with E-state index in [2.05, 4.69) is 10.6 Å². The van der Waals surface area contributed by atoms with Gasteiger partial charge in [-0.15, -0.1) is 0 Å². The Labute approximate surface area is 199 Å². The number of piperidine rings is 2. The maximum Gasteiger partial charge on any atom is 0.409 e. The molecule has 34 heavy (non-hydrogen) atoms. The molecule has 0 radical (unpaired) electrons. The fourth-order valence-electron chi connectivity index (χ4n) is 4.15. The smallest absolute Gasteiger partial charge is 0.409 e. The van der Waals surface area contributed by atoms with Gasteiger partial charge in [0.1, 0.15) is 0 Å². The summed E-state index contributed by atoms with van der Waals surface area (Å²) in [7, 11) is 0. The van der Waals surface area contributed by atoms with Crippen LogP contribution < -0.4 is 10.6 Å². The Morgan fingerprint density at radius 1 is 0.706 bits per heavy atom. The lowest BCUT2D eigenvalue weighted by atomic mass is 10.0. The molecule has 1 aromatic rings. The molecule has 2 aliphatic heterocycles. The Hall–Kier alpha value is -3.30. The maximum atomic E-state index is 12.6. The molecule has 10 heteroatoms. The second-order valence-electron chi connectivity index (χ2n) is 8.44. The summed E-state index contributed by atoms with van der Waals surface area (Å²) in [6.45, 7) is 6.41. The van der Waals surface area contributed by atoms with E-state index in [4.69, 9.17) is 9.47 Å². The third kappa shape index (κ3) is 6.85. The number of ether oxygens (including phenoxy) is 2. The molecular weight excluding hydrogens is 440 g/mol. The summed E-state index contributed by atoms with van der Waals surface area (Å²) in [5, 5.41) is 6.01. The zero-order chi connectivity index (χ0) is 24.5. The van der Waals surface area contributed by atoms with Gasteiger partial charge < -0.3 is 29.9 Å². The standard InChI is InChI=1S/C24H34N4O6/c1-3-33-23(31)27-13-9-19(10-14-27)25-21(29)17-5-7-18(8-6-17)22(30)26-20-11-15-28(16-12-20)24(32)34-4-2/h5-8,19-20H,3-4,9-16H2,1-2H3,(H,25,29)(H,26,30). The van der Waals surface area contributed by atoms with Crippen LogP contribution in [-0.4, -0.2) is 85.3 Å². The van der Waals surface area contributed by atoms with Crippen molar-refractivity contribution >= 4 is 24.0 Å². The second kappa shape index (κ2) is 12.2. The van der Waals surface area contributed by atoms with E-state index >= 15 is 0 Å². The van der Waals surface area contributed by atoms with E-state index in [0.717, 1.165) is 0 Å². The molecule has 2 fully saturated rings. The molecule has 0 saturated carbocycles. The Morgan fingerprint density at radius 2 is 1.03 bits per heavy atom. The van der Waals surface area contributed by atoms with Gasteiger partial charge in [-0.1, -0.05) is 0 Å². The molecule has 0 unspecified atom stereocenters. The van der Waals surface area contributed by atoms with Crippen molar-refractivity contribution in [2.75, 3.05) is 39.4 Å². The van der Waals surface area contributed by atoms with Gasteiger partial charge in [0.05, 0.1) is 13.2 Å². The summed E-state index contributed by atoms with van der Waals surface area (Å²) < 4.78 is 10.0. The number of nitrogens with zero attached hydrogens (tertiary/aromatic N) is 2. The lowest BCUT2D eigenvalue weighted by molar-refractivity contribution is 0.0842. The molecular formula is C24H34N4O6. The van der Waals surface area contributed by atoms with Crippen LogP contribution in [0, 0.1) is 0 Å². The van der Waals surface area contributed by atoms with Crippen molar-refractivity contribution < 1.29 is 28.7 Å². The molecule has 3 rings (SSSR count). The Bertz CT molecular complexity index is 788. The molecule has 2 heterocycles. The highest BCUT2D eigenvalue weighted by atomic mass is 16.6. The average Bonchev–Trinajstić information content (AvgIpc) is 2.85. The van der Waals surface area contributed by atoms with Gasteiger partial charge in [0.2, 0.25) is 0 Å². The zero-order valence-electron chi connectivity index (χ0n) is 19.9. The number of hydrogen-bond acceptors (Lipinski definition) is 6. The van der Waals surface area contributed by atoms with Crippen LogP contribution in [0.1, 0.15) is 60.2 Å². The van der Waals surface area contributed by atoms with Crippen LogP contribution in [0.25, 0.3) is 0 Å². The van der Waals surface area contributed by atoms with Gasteiger partial charge in [0.25, 0.3) is 11.8 Å². The quantitative estimate of drug-likeness (QED) is 0.654. The highest BCUT2D eigenvalue weighted by Crippen LogP contribution is 2.15. The van der Waals surface area contributed by atoms with E-state index in [1.54, 1.807) is 47.9 Å².